The second kappa shape index (κ2) is 9.92. The highest BCUT2D eigenvalue weighted by atomic mass is 32.2. The summed E-state index contributed by atoms with van der Waals surface area (Å²) in [7, 11) is 0. The number of thioether (sulfide) groups is 1. The molecule has 2 aliphatic rings. The lowest BCUT2D eigenvalue weighted by molar-refractivity contribution is -0.123. The fourth-order valence-electron chi connectivity index (χ4n) is 4.11. The van der Waals surface area contributed by atoms with Crippen LogP contribution in [0.4, 0.5) is 5.82 Å². The van der Waals surface area contributed by atoms with Crippen molar-refractivity contribution in [3.05, 3.63) is 44.7 Å². The van der Waals surface area contributed by atoms with Gasteiger partial charge in [-0.05, 0) is 38.0 Å². The van der Waals surface area contributed by atoms with Crippen LogP contribution >= 0.6 is 24.0 Å². The predicted octanol–water partition coefficient (Wildman–Crippen LogP) is 2.12. The predicted molar refractivity (Wildman–Crippen MR) is 137 cm³/mol. The number of fused-ring (bicyclic) bond motifs is 1. The highest BCUT2D eigenvalue weighted by Crippen LogP contribution is 2.35. The first kappa shape index (κ1) is 23.9. The first-order chi connectivity index (χ1) is 15.8. The molecule has 10 heteroatoms. The first-order valence-electron chi connectivity index (χ1n) is 11.2. The fourth-order valence-corrected chi connectivity index (χ4v) is 5.56. The van der Waals surface area contributed by atoms with Gasteiger partial charge in [-0.25, -0.2) is 4.98 Å². The monoisotopic (exact) mass is 487 g/mol. The smallest absolute Gasteiger partial charge is 0.267 e. The highest BCUT2D eigenvalue weighted by molar-refractivity contribution is 8.26. The number of β-amino-alcohol motifs (C(OH)–C–C–N with tert-alkyl or cyclic N) is 1. The van der Waals surface area contributed by atoms with Gasteiger partial charge in [0.1, 0.15) is 15.8 Å². The Morgan fingerprint density at radius 3 is 2.64 bits per heavy atom. The maximum absolute atomic E-state index is 13.6. The number of nitrogens with zero attached hydrogens (tertiary/aromatic N) is 5. The number of rotatable bonds is 6. The molecule has 2 aliphatic heterocycles. The quantitative estimate of drug-likeness (QED) is 0.490. The average Bonchev–Trinajstić information content (AvgIpc) is 3.09. The zero-order valence-electron chi connectivity index (χ0n) is 19.2. The van der Waals surface area contributed by atoms with Gasteiger partial charge in [-0.2, -0.15) is 0 Å². The molecular formula is C23H29N5O3S2. The van der Waals surface area contributed by atoms with Crippen LogP contribution in [0.15, 0.2) is 28.0 Å². The summed E-state index contributed by atoms with van der Waals surface area (Å²) < 4.78 is 2.06. The van der Waals surface area contributed by atoms with Crippen molar-refractivity contribution in [1.82, 2.24) is 19.2 Å². The minimum Gasteiger partial charge on any atom is -0.395 e. The number of piperazine rings is 1. The number of carbonyl (C=O) groups is 1. The second-order valence-electron chi connectivity index (χ2n) is 8.45. The number of pyridine rings is 1. The van der Waals surface area contributed by atoms with Crippen LogP contribution < -0.4 is 10.5 Å². The molecule has 2 aromatic rings. The zero-order valence-corrected chi connectivity index (χ0v) is 20.8. The van der Waals surface area contributed by atoms with Crippen LogP contribution in [-0.2, 0) is 4.79 Å². The van der Waals surface area contributed by atoms with Crippen LogP contribution in [0.5, 0.6) is 0 Å². The van der Waals surface area contributed by atoms with Gasteiger partial charge in [0.15, 0.2) is 0 Å². The molecule has 8 nitrogen and oxygen atoms in total. The number of hydrogen-bond donors (Lipinski definition) is 1. The summed E-state index contributed by atoms with van der Waals surface area (Å²) >= 11 is 6.71. The summed E-state index contributed by atoms with van der Waals surface area (Å²) in [5, 5.41) is 9.24. The largest absolute Gasteiger partial charge is 0.395 e. The molecule has 0 aliphatic carbocycles. The molecule has 0 unspecified atom stereocenters. The van der Waals surface area contributed by atoms with E-state index in [0.29, 0.717) is 45.9 Å². The van der Waals surface area contributed by atoms with E-state index in [0.717, 1.165) is 25.1 Å². The van der Waals surface area contributed by atoms with E-state index in [2.05, 4.69) is 9.80 Å². The van der Waals surface area contributed by atoms with Crippen LogP contribution in [0.3, 0.4) is 0 Å². The van der Waals surface area contributed by atoms with E-state index < -0.39 is 0 Å². The van der Waals surface area contributed by atoms with Gasteiger partial charge in [0.05, 0.1) is 17.1 Å². The Labute approximate surface area is 202 Å². The number of thiocarbonyl (C=S) groups is 1. The lowest BCUT2D eigenvalue weighted by atomic mass is 10.2. The Bertz CT molecular complexity index is 1170. The van der Waals surface area contributed by atoms with Crippen molar-refractivity contribution in [2.75, 3.05) is 44.2 Å². The molecule has 0 spiro atoms. The van der Waals surface area contributed by atoms with Crippen LogP contribution in [0.1, 0.15) is 31.4 Å². The molecule has 0 aromatic carbocycles. The van der Waals surface area contributed by atoms with Gasteiger partial charge in [0.25, 0.3) is 11.5 Å². The van der Waals surface area contributed by atoms with E-state index in [1.54, 1.807) is 21.6 Å². The maximum atomic E-state index is 13.6. The molecule has 33 heavy (non-hydrogen) atoms. The number of amides is 1. The lowest BCUT2D eigenvalue weighted by Crippen LogP contribution is -2.48. The SMILES string of the molecule is CC[C@@H](C)N1C(=O)/C(=C\c2c(N3CCN(CCO)CC3)nc3ccc(C)cn3c2=O)SC1=S. The Kier molecular flexibility index (Phi) is 7.18. The average molecular weight is 488 g/mol. The van der Waals surface area contributed by atoms with E-state index in [-0.39, 0.29) is 24.1 Å². The van der Waals surface area contributed by atoms with Gasteiger partial charge in [-0.1, -0.05) is 37.0 Å². The van der Waals surface area contributed by atoms with Crippen LogP contribution in [0.2, 0.25) is 0 Å². The third-order valence-corrected chi connectivity index (χ3v) is 7.53. The van der Waals surface area contributed by atoms with Crippen molar-refractivity contribution in [3.8, 4) is 0 Å². The first-order valence-corrected chi connectivity index (χ1v) is 12.4. The van der Waals surface area contributed by atoms with Crippen molar-refractivity contribution < 1.29 is 9.90 Å². The third-order valence-electron chi connectivity index (χ3n) is 6.20. The van der Waals surface area contributed by atoms with Gasteiger partial charge in [0.2, 0.25) is 0 Å². The summed E-state index contributed by atoms with van der Waals surface area (Å²) in [4.78, 5) is 37.9. The molecule has 0 radical (unpaired) electrons. The van der Waals surface area contributed by atoms with E-state index in [1.807, 2.05) is 32.9 Å². The topological polar surface area (TPSA) is 81.4 Å². The van der Waals surface area contributed by atoms with E-state index >= 15 is 0 Å². The minimum absolute atomic E-state index is 0.000878. The number of aliphatic hydroxyl groups is 1. The van der Waals surface area contributed by atoms with E-state index in [4.69, 9.17) is 17.2 Å². The molecule has 1 N–H and O–H groups in total. The summed E-state index contributed by atoms with van der Waals surface area (Å²) in [5.41, 5.74) is 1.72. The normalized spacial score (nSPS) is 19.8. The minimum atomic E-state index is -0.203. The third kappa shape index (κ3) is 4.70. The zero-order chi connectivity index (χ0) is 23.7. The van der Waals surface area contributed by atoms with Crippen LogP contribution in [0.25, 0.3) is 11.7 Å². The molecule has 2 fully saturated rings. The van der Waals surface area contributed by atoms with Crippen molar-refractivity contribution in [2.24, 2.45) is 0 Å². The molecule has 2 saturated heterocycles. The molecule has 4 heterocycles. The van der Waals surface area contributed by atoms with E-state index in [9.17, 15) is 14.7 Å². The van der Waals surface area contributed by atoms with Crippen molar-refractivity contribution in [2.45, 2.75) is 33.2 Å². The summed E-state index contributed by atoms with van der Waals surface area (Å²) in [6.45, 7) is 9.58. The van der Waals surface area contributed by atoms with Gasteiger partial charge < -0.3 is 10.0 Å². The second-order valence-corrected chi connectivity index (χ2v) is 10.1. The summed E-state index contributed by atoms with van der Waals surface area (Å²) in [6.07, 6.45) is 4.24. The molecular weight excluding hydrogens is 458 g/mol. The van der Waals surface area contributed by atoms with Crippen molar-refractivity contribution in [1.29, 1.82) is 0 Å². The van der Waals surface area contributed by atoms with Gasteiger partial charge in [-0.15, -0.1) is 0 Å². The Morgan fingerprint density at radius 1 is 1.24 bits per heavy atom. The number of aliphatic hydroxyl groups excluding tert-OH is 1. The molecule has 1 amide bonds. The van der Waals surface area contributed by atoms with Gasteiger partial charge in [-0.3, -0.25) is 23.8 Å². The molecule has 1 atom stereocenters. The molecule has 176 valence electrons. The van der Waals surface area contributed by atoms with Crippen molar-refractivity contribution >= 4 is 51.7 Å². The lowest BCUT2D eigenvalue weighted by Gasteiger charge is -2.35. The molecule has 0 bridgehead atoms. The fraction of sp³-hybridized carbons (Fsp3) is 0.478. The summed E-state index contributed by atoms with van der Waals surface area (Å²) in [6, 6.07) is 3.77. The van der Waals surface area contributed by atoms with Gasteiger partial charge >= 0.3 is 0 Å². The molecule has 2 aromatic heterocycles. The number of hydrogen-bond acceptors (Lipinski definition) is 8. The number of aromatic nitrogens is 2. The van der Waals surface area contributed by atoms with Gasteiger partial charge in [0, 0.05) is 45.0 Å². The highest BCUT2D eigenvalue weighted by Gasteiger charge is 2.35. The van der Waals surface area contributed by atoms with Crippen molar-refractivity contribution in [3.63, 3.8) is 0 Å². The molecule has 0 saturated carbocycles. The number of carbonyl (C=O) groups excluding carboxylic acids is 1. The van der Waals surface area contributed by atoms with Crippen LogP contribution in [0, 0.1) is 6.92 Å². The Balaban J connectivity index is 1.79. The Hall–Kier alpha value is -2.27. The van der Waals surface area contributed by atoms with Crippen LogP contribution in [-0.4, -0.2) is 79.9 Å². The van der Waals surface area contributed by atoms with E-state index in [1.165, 1.54) is 11.8 Å². The molecule has 4 rings (SSSR count). The number of anilines is 1. The Morgan fingerprint density at radius 2 is 1.97 bits per heavy atom. The number of aryl methyl sites for hydroxylation is 1. The summed E-state index contributed by atoms with van der Waals surface area (Å²) in [5.74, 6) is 0.424. The maximum Gasteiger partial charge on any atom is 0.267 e. The standard InChI is InChI=1S/C23H29N5O3S2/c1-4-16(3)28-22(31)18(33-23(28)32)13-17-20(26-9-7-25(8-10-26)11-12-29)24-19-6-5-15(2)14-27(19)21(17)30/h5-6,13-14,16,29H,4,7-12H2,1-3H3/b18-13+/t16-/m1/s1.